The van der Waals surface area contributed by atoms with E-state index in [-0.39, 0.29) is 5.79 Å². The van der Waals surface area contributed by atoms with Crippen LogP contribution in [-0.2, 0) is 9.47 Å². The van der Waals surface area contributed by atoms with Crippen molar-refractivity contribution in [1.29, 1.82) is 0 Å². The number of hydrogen-bond donors (Lipinski definition) is 1. The molecule has 1 aromatic rings. The molecule has 1 aliphatic carbocycles. The van der Waals surface area contributed by atoms with Crippen LogP contribution >= 0.6 is 0 Å². The van der Waals surface area contributed by atoms with Crippen molar-refractivity contribution in [3.63, 3.8) is 0 Å². The van der Waals surface area contributed by atoms with Gasteiger partial charge >= 0.3 is 0 Å². The number of aromatic nitrogens is 1. The first-order valence-electron chi connectivity index (χ1n) is 6.73. The number of rotatable bonds is 2. The summed E-state index contributed by atoms with van der Waals surface area (Å²) in [7, 11) is 0. The Hall–Kier alpha value is -1.13. The van der Waals surface area contributed by atoms with Gasteiger partial charge in [-0.25, -0.2) is 0 Å². The van der Waals surface area contributed by atoms with Gasteiger partial charge in [-0.3, -0.25) is 4.98 Å². The van der Waals surface area contributed by atoms with Crippen LogP contribution in [0.4, 0.5) is 5.69 Å². The second-order valence-electron chi connectivity index (χ2n) is 5.21. The van der Waals surface area contributed by atoms with E-state index in [1.54, 1.807) is 0 Å². The Morgan fingerprint density at radius 1 is 1.22 bits per heavy atom. The molecule has 0 aromatic carbocycles. The zero-order valence-corrected chi connectivity index (χ0v) is 10.8. The van der Waals surface area contributed by atoms with Crippen LogP contribution in [0.15, 0.2) is 18.3 Å². The van der Waals surface area contributed by atoms with Crippen LogP contribution in [0.2, 0.25) is 0 Å². The molecule has 2 heterocycles. The number of nitrogens with one attached hydrogen (secondary N) is 1. The molecule has 2 aliphatic rings. The molecular weight excluding hydrogens is 228 g/mol. The van der Waals surface area contributed by atoms with Crippen LogP contribution in [0.25, 0.3) is 0 Å². The fraction of sp³-hybridized carbons (Fsp3) is 0.643. The lowest BCUT2D eigenvalue weighted by molar-refractivity contribution is -0.177. The van der Waals surface area contributed by atoms with Crippen LogP contribution in [0.1, 0.15) is 31.4 Å². The molecule has 3 rings (SSSR count). The second kappa shape index (κ2) is 4.86. The summed E-state index contributed by atoms with van der Waals surface area (Å²) in [5.41, 5.74) is 2.16. The molecule has 1 spiro atoms. The largest absolute Gasteiger partial charge is 0.381 e. The molecule has 0 radical (unpaired) electrons. The molecule has 1 aliphatic heterocycles. The van der Waals surface area contributed by atoms with Crippen LogP contribution in [0.3, 0.4) is 0 Å². The number of hydrogen-bond acceptors (Lipinski definition) is 4. The molecule has 1 N–H and O–H groups in total. The van der Waals surface area contributed by atoms with Gasteiger partial charge in [-0.15, -0.1) is 0 Å². The Morgan fingerprint density at radius 2 is 1.94 bits per heavy atom. The van der Waals surface area contributed by atoms with E-state index in [0.717, 1.165) is 50.3 Å². The topological polar surface area (TPSA) is 43.4 Å². The SMILES string of the molecule is Cc1ccc(NC2CCC3(CC2)OCCO3)cn1. The van der Waals surface area contributed by atoms with Gasteiger partial charge in [0.05, 0.1) is 25.1 Å². The summed E-state index contributed by atoms with van der Waals surface area (Å²) in [5.74, 6) is -0.260. The third-order valence-electron chi connectivity index (χ3n) is 3.84. The van der Waals surface area contributed by atoms with Crippen LogP contribution in [0, 0.1) is 6.92 Å². The first-order chi connectivity index (χ1) is 8.76. The highest BCUT2D eigenvalue weighted by Gasteiger charge is 2.40. The summed E-state index contributed by atoms with van der Waals surface area (Å²) in [6.07, 6.45) is 6.07. The van der Waals surface area contributed by atoms with Gasteiger partial charge in [-0.1, -0.05) is 0 Å². The number of nitrogens with zero attached hydrogens (tertiary/aromatic N) is 1. The van der Waals surface area contributed by atoms with Crippen molar-refractivity contribution in [3.05, 3.63) is 24.0 Å². The van der Waals surface area contributed by atoms with Crippen molar-refractivity contribution >= 4 is 5.69 Å². The normalized spacial score (nSPS) is 23.4. The van der Waals surface area contributed by atoms with Crippen LogP contribution in [-0.4, -0.2) is 30.0 Å². The van der Waals surface area contributed by atoms with E-state index in [1.165, 1.54) is 0 Å². The number of anilines is 1. The van der Waals surface area contributed by atoms with Gasteiger partial charge in [0.1, 0.15) is 0 Å². The second-order valence-corrected chi connectivity index (χ2v) is 5.21. The van der Waals surface area contributed by atoms with Gasteiger partial charge in [0.25, 0.3) is 0 Å². The highest BCUT2D eigenvalue weighted by Crippen LogP contribution is 2.36. The maximum atomic E-state index is 5.73. The highest BCUT2D eigenvalue weighted by molar-refractivity contribution is 5.41. The number of pyridine rings is 1. The summed E-state index contributed by atoms with van der Waals surface area (Å²) < 4.78 is 11.5. The Kier molecular flexibility index (Phi) is 3.22. The summed E-state index contributed by atoms with van der Waals surface area (Å²) in [5, 5.41) is 3.54. The van der Waals surface area contributed by atoms with Gasteiger partial charge in [-0.05, 0) is 31.9 Å². The lowest BCUT2D eigenvalue weighted by Crippen LogP contribution is -2.39. The smallest absolute Gasteiger partial charge is 0.168 e. The first kappa shape index (κ1) is 11.9. The highest BCUT2D eigenvalue weighted by atomic mass is 16.7. The molecule has 0 unspecified atom stereocenters. The Labute approximate surface area is 108 Å². The standard InChI is InChI=1S/C14H20N2O2/c1-11-2-3-13(10-15-11)16-12-4-6-14(7-5-12)17-8-9-18-14/h2-3,10,12,16H,4-9H2,1H3. The third kappa shape index (κ3) is 2.49. The lowest BCUT2D eigenvalue weighted by Gasteiger charge is -2.35. The van der Waals surface area contributed by atoms with Crippen molar-refractivity contribution in [1.82, 2.24) is 4.98 Å². The van der Waals surface area contributed by atoms with Crippen molar-refractivity contribution in [3.8, 4) is 0 Å². The minimum atomic E-state index is -0.260. The van der Waals surface area contributed by atoms with Crippen LogP contribution < -0.4 is 5.32 Å². The quantitative estimate of drug-likeness (QED) is 0.873. The zero-order chi connectivity index (χ0) is 12.4. The fourth-order valence-corrected chi connectivity index (χ4v) is 2.78. The fourth-order valence-electron chi connectivity index (χ4n) is 2.78. The first-order valence-corrected chi connectivity index (χ1v) is 6.73. The van der Waals surface area contributed by atoms with Crippen molar-refractivity contribution in [2.75, 3.05) is 18.5 Å². The van der Waals surface area contributed by atoms with Gasteiger partial charge in [0, 0.05) is 24.6 Å². The maximum absolute atomic E-state index is 5.73. The van der Waals surface area contributed by atoms with Crippen molar-refractivity contribution in [2.24, 2.45) is 0 Å². The van der Waals surface area contributed by atoms with Crippen LogP contribution in [0.5, 0.6) is 0 Å². The Morgan fingerprint density at radius 3 is 2.56 bits per heavy atom. The number of ether oxygens (including phenoxy) is 2. The third-order valence-corrected chi connectivity index (χ3v) is 3.84. The molecule has 2 fully saturated rings. The minimum absolute atomic E-state index is 0.260. The van der Waals surface area contributed by atoms with Gasteiger partial charge in [0.15, 0.2) is 5.79 Å². The number of aryl methyl sites for hydroxylation is 1. The average Bonchev–Trinajstić information content (AvgIpc) is 2.84. The molecule has 0 bridgehead atoms. The molecular formula is C14H20N2O2. The maximum Gasteiger partial charge on any atom is 0.168 e. The van der Waals surface area contributed by atoms with E-state index >= 15 is 0 Å². The summed E-state index contributed by atoms with van der Waals surface area (Å²) in [6.45, 7) is 3.50. The van der Waals surface area contributed by atoms with E-state index in [0.29, 0.717) is 6.04 Å². The van der Waals surface area contributed by atoms with E-state index < -0.39 is 0 Å². The van der Waals surface area contributed by atoms with Gasteiger partial charge in [-0.2, -0.15) is 0 Å². The van der Waals surface area contributed by atoms with Gasteiger partial charge in [0.2, 0.25) is 0 Å². The van der Waals surface area contributed by atoms with E-state index in [4.69, 9.17) is 9.47 Å². The minimum Gasteiger partial charge on any atom is -0.381 e. The lowest BCUT2D eigenvalue weighted by atomic mass is 9.90. The van der Waals surface area contributed by atoms with Crippen molar-refractivity contribution in [2.45, 2.75) is 44.4 Å². The monoisotopic (exact) mass is 248 g/mol. The molecule has 18 heavy (non-hydrogen) atoms. The van der Waals surface area contributed by atoms with Crippen molar-refractivity contribution < 1.29 is 9.47 Å². The average molecular weight is 248 g/mol. The summed E-state index contributed by atoms with van der Waals surface area (Å²) in [6, 6.07) is 4.64. The molecule has 1 aromatic heterocycles. The molecule has 1 saturated heterocycles. The van der Waals surface area contributed by atoms with E-state index in [9.17, 15) is 0 Å². The van der Waals surface area contributed by atoms with E-state index in [2.05, 4.69) is 16.4 Å². The molecule has 0 atom stereocenters. The molecule has 4 nitrogen and oxygen atoms in total. The summed E-state index contributed by atoms with van der Waals surface area (Å²) >= 11 is 0. The predicted octanol–water partition coefficient (Wildman–Crippen LogP) is 2.49. The molecule has 0 amide bonds. The molecule has 98 valence electrons. The molecule has 1 saturated carbocycles. The Balaban J connectivity index is 1.55. The predicted molar refractivity (Wildman–Crippen MR) is 69.5 cm³/mol. The van der Waals surface area contributed by atoms with Gasteiger partial charge < -0.3 is 14.8 Å². The Bertz CT molecular complexity index is 389. The summed E-state index contributed by atoms with van der Waals surface area (Å²) in [4.78, 5) is 4.30. The molecule has 4 heteroatoms. The van der Waals surface area contributed by atoms with E-state index in [1.807, 2.05) is 19.2 Å². The zero-order valence-electron chi connectivity index (χ0n) is 10.8.